The SMILES string of the molecule is Cc1nn(C)c(C)c1CCC(=O)NC(C)C1CC2CCC1C2. The maximum Gasteiger partial charge on any atom is 0.220 e. The second kappa shape index (κ2) is 6.05. The normalized spacial score (nSPS) is 28.1. The molecule has 4 nitrogen and oxygen atoms in total. The van der Waals surface area contributed by atoms with Crippen molar-refractivity contribution in [2.45, 2.75) is 65.3 Å². The van der Waals surface area contributed by atoms with Crippen LogP contribution in [-0.2, 0) is 18.3 Å². The van der Waals surface area contributed by atoms with Crippen molar-refractivity contribution in [2.75, 3.05) is 0 Å². The van der Waals surface area contributed by atoms with Crippen LogP contribution in [0.15, 0.2) is 0 Å². The second-order valence-corrected chi connectivity index (χ2v) is 7.47. The van der Waals surface area contributed by atoms with Crippen molar-refractivity contribution >= 4 is 5.91 Å². The van der Waals surface area contributed by atoms with Crippen molar-refractivity contribution in [1.82, 2.24) is 15.1 Å². The van der Waals surface area contributed by atoms with Gasteiger partial charge in [-0.05, 0) is 69.8 Å². The summed E-state index contributed by atoms with van der Waals surface area (Å²) in [6.45, 7) is 6.30. The Balaban J connectivity index is 1.50. The molecule has 1 N–H and O–H groups in total. The van der Waals surface area contributed by atoms with Gasteiger partial charge in [0.15, 0.2) is 0 Å². The number of aromatic nitrogens is 2. The molecule has 122 valence electrons. The summed E-state index contributed by atoms with van der Waals surface area (Å²) in [4.78, 5) is 12.3. The first-order valence-corrected chi connectivity index (χ1v) is 8.74. The Kier molecular flexibility index (Phi) is 4.28. The first-order valence-electron chi connectivity index (χ1n) is 8.74. The van der Waals surface area contributed by atoms with Crippen molar-refractivity contribution in [2.24, 2.45) is 24.8 Å². The number of hydrogen-bond donors (Lipinski definition) is 1. The van der Waals surface area contributed by atoms with Gasteiger partial charge in [-0.1, -0.05) is 6.42 Å². The minimum absolute atomic E-state index is 0.193. The molecular weight excluding hydrogens is 274 g/mol. The van der Waals surface area contributed by atoms with Crippen molar-refractivity contribution in [3.05, 3.63) is 17.0 Å². The highest BCUT2D eigenvalue weighted by atomic mass is 16.1. The molecular formula is C18H29N3O. The molecule has 2 aliphatic carbocycles. The lowest BCUT2D eigenvalue weighted by Gasteiger charge is -2.28. The molecule has 4 heteroatoms. The number of nitrogens with zero attached hydrogens (tertiary/aromatic N) is 2. The van der Waals surface area contributed by atoms with Gasteiger partial charge in [-0.15, -0.1) is 0 Å². The zero-order chi connectivity index (χ0) is 15.9. The molecule has 0 spiro atoms. The summed E-state index contributed by atoms with van der Waals surface area (Å²) in [5.74, 6) is 2.71. The zero-order valence-corrected chi connectivity index (χ0v) is 14.4. The lowest BCUT2D eigenvalue weighted by molar-refractivity contribution is -0.122. The van der Waals surface area contributed by atoms with E-state index in [1.807, 2.05) is 18.7 Å². The molecule has 4 atom stereocenters. The van der Waals surface area contributed by atoms with Gasteiger partial charge in [-0.25, -0.2) is 0 Å². The van der Waals surface area contributed by atoms with Crippen molar-refractivity contribution in [3.63, 3.8) is 0 Å². The van der Waals surface area contributed by atoms with E-state index in [0.717, 1.165) is 24.0 Å². The molecule has 2 saturated carbocycles. The highest BCUT2D eigenvalue weighted by Crippen LogP contribution is 2.49. The standard InChI is InChI=1S/C18H29N3O/c1-11(17-10-14-5-6-15(17)9-14)19-18(22)8-7-16-12(2)20-21(4)13(16)3/h11,14-15,17H,5-10H2,1-4H3,(H,19,22). The van der Waals surface area contributed by atoms with Gasteiger partial charge >= 0.3 is 0 Å². The summed E-state index contributed by atoms with van der Waals surface area (Å²) in [6, 6.07) is 0.332. The van der Waals surface area contributed by atoms with Crippen LogP contribution in [0.5, 0.6) is 0 Å². The summed E-state index contributed by atoms with van der Waals surface area (Å²) in [5, 5.41) is 7.68. The monoisotopic (exact) mass is 303 g/mol. The fourth-order valence-electron chi connectivity index (χ4n) is 4.76. The third kappa shape index (κ3) is 2.92. The first-order chi connectivity index (χ1) is 10.5. The number of carbonyl (C=O) groups excluding carboxylic acids is 1. The van der Waals surface area contributed by atoms with Gasteiger partial charge in [0.2, 0.25) is 5.91 Å². The van der Waals surface area contributed by atoms with Crippen molar-refractivity contribution < 1.29 is 4.79 Å². The number of hydrogen-bond acceptors (Lipinski definition) is 2. The Morgan fingerprint density at radius 3 is 2.68 bits per heavy atom. The van der Waals surface area contributed by atoms with Gasteiger partial charge in [0.25, 0.3) is 0 Å². The van der Waals surface area contributed by atoms with E-state index in [1.165, 1.54) is 36.9 Å². The molecule has 2 aliphatic rings. The van der Waals surface area contributed by atoms with Gasteiger partial charge in [0.1, 0.15) is 0 Å². The van der Waals surface area contributed by atoms with E-state index in [4.69, 9.17) is 0 Å². The van der Waals surface area contributed by atoms with Crippen molar-refractivity contribution in [3.8, 4) is 0 Å². The molecule has 1 amide bonds. The number of aryl methyl sites for hydroxylation is 2. The fraction of sp³-hybridized carbons (Fsp3) is 0.778. The molecule has 22 heavy (non-hydrogen) atoms. The van der Waals surface area contributed by atoms with Crippen LogP contribution in [0.2, 0.25) is 0 Å². The van der Waals surface area contributed by atoms with E-state index in [1.54, 1.807) is 0 Å². The zero-order valence-electron chi connectivity index (χ0n) is 14.4. The number of amides is 1. The van der Waals surface area contributed by atoms with Gasteiger partial charge in [0.05, 0.1) is 5.69 Å². The third-order valence-corrected chi connectivity index (χ3v) is 6.08. The lowest BCUT2D eigenvalue weighted by atomic mass is 9.84. The largest absolute Gasteiger partial charge is 0.353 e. The average molecular weight is 303 g/mol. The first kappa shape index (κ1) is 15.6. The molecule has 0 aromatic carbocycles. The van der Waals surface area contributed by atoms with Crippen LogP contribution in [0.3, 0.4) is 0 Å². The van der Waals surface area contributed by atoms with Gasteiger partial charge < -0.3 is 5.32 Å². The van der Waals surface area contributed by atoms with E-state index in [-0.39, 0.29) is 5.91 Å². The van der Waals surface area contributed by atoms with Crippen LogP contribution in [-0.4, -0.2) is 21.7 Å². The number of carbonyl (C=O) groups is 1. The van der Waals surface area contributed by atoms with Gasteiger partial charge in [0, 0.05) is 25.2 Å². The third-order valence-electron chi connectivity index (χ3n) is 6.08. The summed E-state index contributed by atoms with van der Waals surface area (Å²) < 4.78 is 1.90. The van der Waals surface area contributed by atoms with E-state index >= 15 is 0 Å². The Hall–Kier alpha value is -1.32. The molecule has 2 fully saturated rings. The van der Waals surface area contributed by atoms with E-state index in [0.29, 0.717) is 18.4 Å². The Bertz CT molecular complexity index is 563. The topological polar surface area (TPSA) is 46.9 Å². The fourth-order valence-corrected chi connectivity index (χ4v) is 4.76. The van der Waals surface area contributed by atoms with Crippen molar-refractivity contribution in [1.29, 1.82) is 0 Å². The minimum atomic E-state index is 0.193. The second-order valence-electron chi connectivity index (χ2n) is 7.47. The van der Waals surface area contributed by atoms with E-state index in [2.05, 4.69) is 24.3 Å². The van der Waals surface area contributed by atoms with Crippen LogP contribution in [0.1, 0.15) is 56.0 Å². The maximum atomic E-state index is 12.3. The van der Waals surface area contributed by atoms with E-state index in [9.17, 15) is 4.79 Å². The van der Waals surface area contributed by atoms with Gasteiger partial charge in [-0.2, -0.15) is 5.10 Å². The Morgan fingerprint density at radius 2 is 2.14 bits per heavy atom. The highest BCUT2D eigenvalue weighted by Gasteiger charge is 2.42. The predicted octanol–water partition coefficient (Wildman–Crippen LogP) is 2.91. The number of rotatable bonds is 5. The molecule has 2 bridgehead atoms. The lowest BCUT2D eigenvalue weighted by Crippen LogP contribution is -2.40. The number of fused-ring (bicyclic) bond motifs is 2. The van der Waals surface area contributed by atoms with Crippen LogP contribution in [0.4, 0.5) is 0 Å². The molecule has 0 aliphatic heterocycles. The molecule has 0 saturated heterocycles. The molecule has 3 rings (SSSR count). The predicted molar refractivity (Wildman–Crippen MR) is 87.5 cm³/mol. The smallest absolute Gasteiger partial charge is 0.220 e. The van der Waals surface area contributed by atoms with Crippen LogP contribution in [0.25, 0.3) is 0 Å². The number of nitrogens with one attached hydrogen (secondary N) is 1. The summed E-state index contributed by atoms with van der Waals surface area (Å²) >= 11 is 0. The van der Waals surface area contributed by atoms with E-state index < -0.39 is 0 Å². The molecule has 1 aromatic heterocycles. The van der Waals surface area contributed by atoms with Crippen LogP contribution >= 0.6 is 0 Å². The molecule has 1 heterocycles. The average Bonchev–Trinajstić information content (AvgIpc) is 3.14. The summed E-state index contributed by atoms with van der Waals surface area (Å²) in [5.41, 5.74) is 3.45. The summed E-state index contributed by atoms with van der Waals surface area (Å²) in [6.07, 6.45) is 6.89. The Morgan fingerprint density at radius 1 is 1.36 bits per heavy atom. The molecule has 4 unspecified atom stereocenters. The highest BCUT2D eigenvalue weighted by molar-refractivity contribution is 5.76. The quantitative estimate of drug-likeness (QED) is 0.909. The maximum absolute atomic E-state index is 12.3. The van der Waals surface area contributed by atoms with Gasteiger partial charge in [-0.3, -0.25) is 9.48 Å². The minimum Gasteiger partial charge on any atom is -0.353 e. The summed E-state index contributed by atoms with van der Waals surface area (Å²) in [7, 11) is 1.96. The van der Waals surface area contributed by atoms with Crippen LogP contribution < -0.4 is 5.32 Å². The van der Waals surface area contributed by atoms with Crippen LogP contribution in [0, 0.1) is 31.6 Å². The molecule has 1 aromatic rings. The molecule has 0 radical (unpaired) electrons. The Labute approximate surface area is 133 Å².